The molecule has 0 unspecified atom stereocenters. The van der Waals surface area contributed by atoms with E-state index < -0.39 is 0 Å². The van der Waals surface area contributed by atoms with E-state index in [1.807, 2.05) is 32.2 Å². The van der Waals surface area contributed by atoms with Crippen LogP contribution in [-0.2, 0) is 13.2 Å². The number of aryl methyl sites for hydroxylation is 1. The molecule has 0 radical (unpaired) electrons. The number of aromatic nitrogens is 1. The number of nitrogens with zero attached hydrogens (tertiary/aromatic N) is 1. The van der Waals surface area contributed by atoms with Crippen LogP contribution in [0.1, 0.15) is 17.0 Å². The molecule has 1 aromatic carbocycles. The molecular weight excluding hydrogens is 252 g/mol. The summed E-state index contributed by atoms with van der Waals surface area (Å²) in [6.45, 7) is 3.00. The van der Waals surface area contributed by atoms with Crippen molar-refractivity contribution in [2.24, 2.45) is 0 Å². The Morgan fingerprint density at radius 1 is 1.39 bits per heavy atom. The molecule has 0 aliphatic carbocycles. The van der Waals surface area contributed by atoms with E-state index in [0.717, 1.165) is 17.0 Å². The van der Waals surface area contributed by atoms with Gasteiger partial charge >= 0.3 is 0 Å². The third-order valence-electron chi connectivity index (χ3n) is 2.47. The number of hydrogen-bond acceptors (Lipinski definition) is 4. The largest absolute Gasteiger partial charge is 0.485 e. The summed E-state index contributed by atoms with van der Waals surface area (Å²) in [5.74, 6) is 1.50. The summed E-state index contributed by atoms with van der Waals surface area (Å²) in [4.78, 5) is 0. The van der Waals surface area contributed by atoms with Gasteiger partial charge in [0.05, 0.1) is 5.69 Å². The van der Waals surface area contributed by atoms with Crippen molar-refractivity contribution in [3.8, 4) is 5.75 Å². The van der Waals surface area contributed by atoms with Crippen LogP contribution in [0.3, 0.4) is 0 Å². The van der Waals surface area contributed by atoms with E-state index >= 15 is 0 Å². The number of ether oxygens (including phenoxy) is 1. The van der Waals surface area contributed by atoms with Crippen LogP contribution in [0, 0.1) is 6.92 Å². The Kier molecular flexibility index (Phi) is 4.23. The average molecular weight is 267 g/mol. The van der Waals surface area contributed by atoms with Gasteiger partial charge in [0.25, 0.3) is 0 Å². The van der Waals surface area contributed by atoms with Crippen molar-refractivity contribution >= 4 is 11.6 Å². The van der Waals surface area contributed by atoms with E-state index in [1.165, 1.54) is 0 Å². The molecule has 0 saturated carbocycles. The van der Waals surface area contributed by atoms with Gasteiger partial charge in [-0.15, -0.1) is 0 Å². The SMILES string of the molecule is CNCc1cc(COc2ccc(Cl)cc2C)on1. The molecule has 1 heterocycles. The standard InChI is InChI=1S/C13H15ClN2O2/c1-9-5-10(14)3-4-13(9)17-8-12-6-11(7-15-2)16-18-12/h3-6,15H,7-8H2,1-2H3. The fraction of sp³-hybridized carbons (Fsp3) is 0.308. The Labute approximate surface area is 111 Å². The zero-order chi connectivity index (χ0) is 13.0. The highest BCUT2D eigenvalue weighted by atomic mass is 35.5. The number of halogens is 1. The molecular formula is C13H15ClN2O2. The van der Waals surface area contributed by atoms with E-state index in [2.05, 4.69) is 10.5 Å². The lowest BCUT2D eigenvalue weighted by Gasteiger charge is -2.07. The lowest BCUT2D eigenvalue weighted by Crippen LogP contribution is -2.04. The quantitative estimate of drug-likeness (QED) is 0.904. The van der Waals surface area contributed by atoms with Crippen LogP contribution in [0.25, 0.3) is 0 Å². The summed E-state index contributed by atoms with van der Waals surface area (Å²) in [5.41, 5.74) is 1.86. The zero-order valence-corrected chi connectivity index (χ0v) is 11.1. The summed E-state index contributed by atoms with van der Waals surface area (Å²) in [5, 5.41) is 7.63. The first-order chi connectivity index (χ1) is 8.69. The van der Waals surface area contributed by atoms with Crippen LogP contribution in [0.2, 0.25) is 5.02 Å². The summed E-state index contributed by atoms with van der Waals surface area (Å²) >= 11 is 5.88. The van der Waals surface area contributed by atoms with Gasteiger partial charge in [-0.3, -0.25) is 0 Å². The molecule has 0 saturated heterocycles. The van der Waals surface area contributed by atoms with E-state index in [9.17, 15) is 0 Å². The van der Waals surface area contributed by atoms with E-state index in [1.54, 1.807) is 6.07 Å². The smallest absolute Gasteiger partial charge is 0.174 e. The van der Waals surface area contributed by atoms with Crippen LogP contribution in [0.5, 0.6) is 5.75 Å². The van der Waals surface area contributed by atoms with Gasteiger partial charge in [-0.1, -0.05) is 16.8 Å². The number of rotatable bonds is 5. The number of benzene rings is 1. The molecule has 1 aromatic heterocycles. The maximum Gasteiger partial charge on any atom is 0.174 e. The summed E-state index contributed by atoms with van der Waals surface area (Å²) in [7, 11) is 1.86. The predicted molar refractivity (Wildman–Crippen MR) is 69.8 cm³/mol. The molecule has 0 bridgehead atoms. The topological polar surface area (TPSA) is 47.3 Å². The zero-order valence-electron chi connectivity index (χ0n) is 10.4. The number of nitrogens with one attached hydrogen (secondary N) is 1. The van der Waals surface area contributed by atoms with E-state index in [-0.39, 0.29) is 0 Å². The maximum absolute atomic E-state index is 5.88. The van der Waals surface area contributed by atoms with Gasteiger partial charge in [0.15, 0.2) is 5.76 Å². The van der Waals surface area contributed by atoms with Crippen molar-refractivity contribution in [1.29, 1.82) is 0 Å². The molecule has 0 spiro atoms. The summed E-state index contributed by atoms with van der Waals surface area (Å²) in [6, 6.07) is 7.39. The van der Waals surface area contributed by atoms with Crippen LogP contribution in [-0.4, -0.2) is 12.2 Å². The molecule has 18 heavy (non-hydrogen) atoms. The number of hydrogen-bond donors (Lipinski definition) is 1. The molecule has 0 aliphatic rings. The van der Waals surface area contributed by atoms with Crippen LogP contribution in [0.4, 0.5) is 0 Å². The Bertz CT molecular complexity index is 525. The molecule has 0 atom stereocenters. The third-order valence-corrected chi connectivity index (χ3v) is 2.71. The highest BCUT2D eigenvalue weighted by molar-refractivity contribution is 6.30. The monoisotopic (exact) mass is 266 g/mol. The van der Waals surface area contributed by atoms with Gasteiger partial charge in [-0.2, -0.15) is 0 Å². The van der Waals surface area contributed by atoms with Crippen LogP contribution < -0.4 is 10.1 Å². The van der Waals surface area contributed by atoms with Gasteiger partial charge in [-0.05, 0) is 37.7 Å². The molecule has 0 fully saturated rings. The molecule has 2 aromatic rings. The maximum atomic E-state index is 5.88. The van der Waals surface area contributed by atoms with E-state index in [4.69, 9.17) is 20.9 Å². The average Bonchev–Trinajstić information content (AvgIpc) is 2.76. The Hall–Kier alpha value is -1.52. The molecule has 4 nitrogen and oxygen atoms in total. The normalized spacial score (nSPS) is 10.6. The van der Waals surface area contributed by atoms with Crippen molar-refractivity contribution in [2.75, 3.05) is 7.05 Å². The van der Waals surface area contributed by atoms with Gasteiger partial charge in [0.2, 0.25) is 0 Å². The molecule has 0 amide bonds. The minimum Gasteiger partial charge on any atom is -0.485 e. The van der Waals surface area contributed by atoms with Gasteiger partial charge in [0.1, 0.15) is 12.4 Å². The van der Waals surface area contributed by atoms with E-state index in [0.29, 0.717) is 23.9 Å². The second-order valence-corrected chi connectivity index (χ2v) is 4.45. The predicted octanol–water partition coefficient (Wildman–Crippen LogP) is 2.93. The Morgan fingerprint density at radius 2 is 2.22 bits per heavy atom. The van der Waals surface area contributed by atoms with Crippen LogP contribution in [0.15, 0.2) is 28.8 Å². The third kappa shape index (κ3) is 3.24. The first-order valence-electron chi connectivity index (χ1n) is 5.67. The van der Waals surface area contributed by atoms with Crippen LogP contribution >= 0.6 is 11.6 Å². The van der Waals surface area contributed by atoms with Crippen molar-refractivity contribution in [3.05, 3.63) is 46.3 Å². The minimum absolute atomic E-state index is 0.360. The minimum atomic E-state index is 0.360. The van der Waals surface area contributed by atoms with Crippen molar-refractivity contribution in [2.45, 2.75) is 20.1 Å². The summed E-state index contributed by atoms with van der Waals surface area (Å²) < 4.78 is 10.8. The lowest BCUT2D eigenvalue weighted by molar-refractivity contribution is 0.247. The molecule has 1 N–H and O–H groups in total. The summed E-state index contributed by atoms with van der Waals surface area (Å²) in [6.07, 6.45) is 0. The van der Waals surface area contributed by atoms with Gasteiger partial charge in [0, 0.05) is 17.6 Å². The van der Waals surface area contributed by atoms with Gasteiger partial charge in [-0.25, -0.2) is 0 Å². The highest BCUT2D eigenvalue weighted by Crippen LogP contribution is 2.22. The van der Waals surface area contributed by atoms with Crippen molar-refractivity contribution in [1.82, 2.24) is 10.5 Å². The first-order valence-corrected chi connectivity index (χ1v) is 6.05. The fourth-order valence-electron chi connectivity index (χ4n) is 1.61. The van der Waals surface area contributed by atoms with Crippen molar-refractivity contribution < 1.29 is 9.26 Å². The second-order valence-electron chi connectivity index (χ2n) is 4.01. The highest BCUT2D eigenvalue weighted by Gasteiger charge is 2.06. The molecule has 5 heteroatoms. The lowest BCUT2D eigenvalue weighted by atomic mass is 10.2. The fourth-order valence-corrected chi connectivity index (χ4v) is 1.84. The second kappa shape index (κ2) is 5.89. The Balaban J connectivity index is 1.97. The molecule has 2 rings (SSSR count). The first kappa shape index (κ1) is 12.9. The Morgan fingerprint density at radius 3 is 2.94 bits per heavy atom. The molecule has 96 valence electrons. The van der Waals surface area contributed by atoms with Gasteiger partial charge < -0.3 is 14.6 Å². The molecule has 0 aliphatic heterocycles. The van der Waals surface area contributed by atoms with Crippen molar-refractivity contribution in [3.63, 3.8) is 0 Å².